The van der Waals surface area contributed by atoms with Gasteiger partial charge in [0.15, 0.2) is 0 Å². The van der Waals surface area contributed by atoms with Crippen LogP contribution in [0.1, 0.15) is 38.5 Å². The van der Waals surface area contributed by atoms with Gasteiger partial charge < -0.3 is 20.1 Å². The molecule has 1 aliphatic carbocycles. The molecular weight excluding hydrogens is 240 g/mol. The van der Waals surface area contributed by atoms with Gasteiger partial charge in [-0.2, -0.15) is 0 Å². The van der Waals surface area contributed by atoms with Crippen LogP contribution in [0.3, 0.4) is 0 Å². The average molecular weight is 270 g/mol. The average Bonchev–Trinajstić information content (AvgIpc) is 2.93. The SMILES string of the molecule is COCC(CNC1CCCC1C1CCCCN1)OC. The molecule has 2 fully saturated rings. The molecule has 4 unspecified atom stereocenters. The van der Waals surface area contributed by atoms with Gasteiger partial charge in [0.25, 0.3) is 0 Å². The van der Waals surface area contributed by atoms with Gasteiger partial charge in [-0.3, -0.25) is 0 Å². The van der Waals surface area contributed by atoms with Crippen molar-refractivity contribution in [2.45, 2.75) is 56.7 Å². The van der Waals surface area contributed by atoms with Gasteiger partial charge in [-0.15, -0.1) is 0 Å². The second-order valence-corrected chi connectivity index (χ2v) is 5.98. The molecule has 4 heteroatoms. The molecule has 2 N–H and O–H groups in total. The maximum Gasteiger partial charge on any atom is 0.0928 e. The molecule has 2 aliphatic rings. The molecule has 4 nitrogen and oxygen atoms in total. The van der Waals surface area contributed by atoms with Crippen LogP contribution in [0.4, 0.5) is 0 Å². The van der Waals surface area contributed by atoms with E-state index in [1.54, 1.807) is 14.2 Å². The zero-order chi connectivity index (χ0) is 13.5. The Morgan fingerprint density at radius 2 is 2.05 bits per heavy atom. The largest absolute Gasteiger partial charge is 0.382 e. The van der Waals surface area contributed by atoms with Gasteiger partial charge in [-0.05, 0) is 38.1 Å². The Kier molecular flexibility index (Phi) is 6.57. The van der Waals surface area contributed by atoms with E-state index in [0.29, 0.717) is 12.6 Å². The van der Waals surface area contributed by atoms with Crippen LogP contribution in [0, 0.1) is 5.92 Å². The maximum atomic E-state index is 5.43. The molecule has 2 rings (SSSR count). The number of piperidine rings is 1. The highest BCUT2D eigenvalue weighted by Crippen LogP contribution is 2.31. The van der Waals surface area contributed by atoms with Crippen LogP contribution in [0.2, 0.25) is 0 Å². The summed E-state index contributed by atoms with van der Waals surface area (Å²) in [5, 5.41) is 7.44. The number of hydrogen-bond acceptors (Lipinski definition) is 4. The fourth-order valence-electron chi connectivity index (χ4n) is 3.65. The quantitative estimate of drug-likeness (QED) is 0.736. The third-order valence-electron chi connectivity index (χ3n) is 4.73. The van der Waals surface area contributed by atoms with Gasteiger partial charge in [0, 0.05) is 32.8 Å². The van der Waals surface area contributed by atoms with Crippen molar-refractivity contribution in [3.8, 4) is 0 Å². The first kappa shape index (κ1) is 15.2. The summed E-state index contributed by atoms with van der Waals surface area (Å²) in [6, 6.07) is 1.39. The van der Waals surface area contributed by atoms with E-state index < -0.39 is 0 Å². The van der Waals surface area contributed by atoms with Crippen molar-refractivity contribution in [1.82, 2.24) is 10.6 Å². The lowest BCUT2D eigenvalue weighted by molar-refractivity contribution is 0.0261. The summed E-state index contributed by atoms with van der Waals surface area (Å²) in [5.41, 5.74) is 0. The normalized spacial score (nSPS) is 33.5. The summed E-state index contributed by atoms with van der Waals surface area (Å²) in [6.45, 7) is 2.78. The first-order valence-corrected chi connectivity index (χ1v) is 7.83. The van der Waals surface area contributed by atoms with Gasteiger partial charge in [-0.25, -0.2) is 0 Å². The molecular formula is C15H30N2O2. The van der Waals surface area contributed by atoms with Crippen LogP contribution in [-0.4, -0.2) is 52.1 Å². The van der Waals surface area contributed by atoms with Crippen LogP contribution in [-0.2, 0) is 9.47 Å². The number of hydrogen-bond donors (Lipinski definition) is 2. The van der Waals surface area contributed by atoms with Crippen molar-refractivity contribution in [3.63, 3.8) is 0 Å². The Bertz CT molecular complexity index is 244. The van der Waals surface area contributed by atoms with Crippen LogP contribution in [0.15, 0.2) is 0 Å². The van der Waals surface area contributed by atoms with E-state index in [2.05, 4.69) is 10.6 Å². The Morgan fingerprint density at radius 1 is 1.16 bits per heavy atom. The predicted molar refractivity (Wildman–Crippen MR) is 77.4 cm³/mol. The highest BCUT2D eigenvalue weighted by atomic mass is 16.5. The van der Waals surface area contributed by atoms with Crippen molar-refractivity contribution in [2.75, 3.05) is 33.9 Å². The van der Waals surface area contributed by atoms with Crippen molar-refractivity contribution in [3.05, 3.63) is 0 Å². The Morgan fingerprint density at radius 3 is 2.74 bits per heavy atom. The van der Waals surface area contributed by atoms with Crippen LogP contribution >= 0.6 is 0 Å². The molecule has 1 saturated heterocycles. The first-order valence-electron chi connectivity index (χ1n) is 7.83. The smallest absolute Gasteiger partial charge is 0.0928 e. The van der Waals surface area contributed by atoms with Crippen LogP contribution in [0.5, 0.6) is 0 Å². The van der Waals surface area contributed by atoms with E-state index in [9.17, 15) is 0 Å². The van der Waals surface area contributed by atoms with Crippen molar-refractivity contribution < 1.29 is 9.47 Å². The summed E-state index contributed by atoms with van der Waals surface area (Å²) in [5.74, 6) is 0.806. The van der Waals surface area contributed by atoms with Gasteiger partial charge in [0.1, 0.15) is 0 Å². The van der Waals surface area contributed by atoms with E-state index in [1.165, 1.54) is 45.1 Å². The predicted octanol–water partition coefficient (Wildman–Crippen LogP) is 1.55. The van der Waals surface area contributed by atoms with Crippen LogP contribution in [0.25, 0.3) is 0 Å². The molecule has 0 radical (unpaired) electrons. The van der Waals surface area contributed by atoms with E-state index in [4.69, 9.17) is 9.47 Å². The fraction of sp³-hybridized carbons (Fsp3) is 1.00. The molecule has 0 amide bonds. The lowest BCUT2D eigenvalue weighted by Gasteiger charge is -2.33. The Balaban J connectivity index is 1.77. The second-order valence-electron chi connectivity index (χ2n) is 5.98. The number of nitrogens with one attached hydrogen (secondary N) is 2. The zero-order valence-electron chi connectivity index (χ0n) is 12.5. The van der Waals surface area contributed by atoms with E-state index in [1.807, 2.05) is 0 Å². The molecule has 19 heavy (non-hydrogen) atoms. The molecule has 112 valence electrons. The fourth-order valence-corrected chi connectivity index (χ4v) is 3.65. The van der Waals surface area contributed by atoms with Crippen molar-refractivity contribution in [2.24, 2.45) is 5.92 Å². The lowest BCUT2D eigenvalue weighted by Crippen LogP contribution is -2.48. The Hall–Kier alpha value is -0.160. The summed E-state index contributed by atoms with van der Waals surface area (Å²) in [4.78, 5) is 0. The third kappa shape index (κ3) is 4.42. The minimum absolute atomic E-state index is 0.172. The molecule has 0 bridgehead atoms. The summed E-state index contributed by atoms with van der Waals surface area (Å²) < 4.78 is 10.6. The molecule has 0 aromatic carbocycles. The topological polar surface area (TPSA) is 42.5 Å². The van der Waals surface area contributed by atoms with Gasteiger partial charge in [0.05, 0.1) is 12.7 Å². The highest BCUT2D eigenvalue weighted by Gasteiger charge is 2.34. The third-order valence-corrected chi connectivity index (χ3v) is 4.73. The van der Waals surface area contributed by atoms with E-state index >= 15 is 0 Å². The minimum atomic E-state index is 0.172. The highest BCUT2D eigenvalue weighted by molar-refractivity contribution is 4.92. The lowest BCUT2D eigenvalue weighted by atomic mass is 9.88. The number of methoxy groups -OCH3 is 2. The summed E-state index contributed by atoms with van der Waals surface area (Å²) in [7, 11) is 3.50. The van der Waals surface area contributed by atoms with Gasteiger partial charge >= 0.3 is 0 Å². The second kappa shape index (κ2) is 8.20. The molecule has 0 spiro atoms. The van der Waals surface area contributed by atoms with Gasteiger partial charge in [0.2, 0.25) is 0 Å². The molecule has 4 atom stereocenters. The van der Waals surface area contributed by atoms with Crippen molar-refractivity contribution in [1.29, 1.82) is 0 Å². The zero-order valence-corrected chi connectivity index (χ0v) is 12.5. The van der Waals surface area contributed by atoms with Crippen molar-refractivity contribution >= 4 is 0 Å². The first-order chi connectivity index (χ1) is 9.35. The van der Waals surface area contributed by atoms with Gasteiger partial charge in [-0.1, -0.05) is 12.8 Å². The number of ether oxygens (including phenoxy) is 2. The molecule has 0 aromatic heterocycles. The summed E-state index contributed by atoms with van der Waals surface area (Å²) >= 11 is 0. The minimum Gasteiger partial charge on any atom is -0.382 e. The van der Waals surface area contributed by atoms with E-state index in [0.717, 1.165) is 18.5 Å². The summed E-state index contributed by atoms with van der Waals surface area (Å²) in [6.07, 6.45) is 8.32. The standard InChI is InChI=1S/C15H30N2O2/c1-18-11-12(19-2)10-17-15-8-5-6-13(15)14-7-3-4-9-16-14/h12-17H,3-11H2,1-2H3. The molecule has 0 aromatic rings. The molecule has 1 aliphatic heterocycles. The van der Waals surface area contributed by atoms with E-state index in [-0.39, 0.29) is 6.10 Å². The molecule has 1 heterocycles. The molecule has 1 saturated carbocycles. The van der Waals surface area contributed by atoms with Crippen LogP contribution < -0.4 is 10.6 Å². The number of rotatable bonds is 7. The maximum absolute atomic E-state index is 5.43. The Labute approximate surface area is 117 Å². The monoisotopic (exact) mass is 270 g/mol.